The van der Waals surface area contributed by atoms with Crippen LogP contribution in [0.5, 0.6) is 57.5 Å². The van der Waals surface area contributed by atoms with Crippen molar-refractivity contribution in [3.8, 4) is 57.5 Å². The normalized spacial score (nSPS) is 10.3. The van der Waals surface area contributed by atoms with Crippen LogP contribution in [0.3, 0.4) is 0 Å². The van der Waals surface area contributed by atoms with Crippen LogP contribution in [0.4, 0.5) is 0 Å². The lowest BCUT2D eigenvalue weighted by atomic mass is 10.1. The van der Waals surface area contributed by atoms with Crippen LogP contribution in [0.15, 0.2) is 303 Å². The molecule has 0 aliphatic rings. The number of nitrogens with one attached hydrogen (secondary N) is 4. The molecule has 0 aliphatic carbocycles. The number of benzene rings is 12. The summed E-state index contributed by atoms with van der Waals surface area (Å²) in [5.74, 6) is 2.66. The summed E-state index contributed by atoms with van der Waals surface area (Å²) in [6.07, 6.45) is 0.200. The number of hydrogen-bond acceptors (Lipinski definition) is 17. The summed E-state index contributed by atoms with van der Waals surface area (Å²) in [5, 5.41) is 39.0. The van der Waals surface area contributed by atoms with E-state index >= 15 is 0 Å². The van der Waals surface area contributed by atoms with Crippen LogP contribution in [0, 0.1) is 0 Å². The highest BCUT2D eigenvalue weighted by atomic mass is 35.5. The summed E-state index contributed by atoms with van der Waals surface area (Å²) in [7, 11) is 0. The first-order valence-corrected chi connectivity index (χ1v) is 39.2. The predicted molar refractivity (Wildman–Crippen MR) is 464 cm³/mol. The summed E-state index contributed by atoms with van der Waals surface area (Å²) >= 11 is 9.74. The Hall–Kier alpha value is -13.6. The number of carbonyl (C=O) groups is 6. The SMILES string of the molecule is C.NCc1ccc(OCc2ccccc2)c(OCc2ccccc2)c1.O=C(CCC(=O)NCc1ccc(O)c(OCc2ccccc2)c1)NCc1ccc(O)c(O)c1.O=C(CCC(=O)NCc1ccc(OCc2ccccc2)c(OCc2ccccc2)c1)NCc1ccc(OCc2ccccc2)c(OCc2ccccc2)c1.O=C(Cl)CCC(=O)Cl. The molecular weight excluding hydrogens is 1560 g/mol. The maximum absolute atomic E-state index is 12.8. The molecule has 0 aliphatic heterocycles. The Kier molecular flexibility index (Phi) is 39.4. The molecule has 0 atom stereocenters. The second-order valence-electron chi connectivity index (χ2n) is 26.9. The highest BCUT2D eigenvalue weighted by Gasteiger charge is 2.16. The van der Waals surface area contributed by atoms with Crippen LogP contribution in [0.25, 0.3) is 0 Å². The molecule has 622 valence electrons. The maximum Gasteiger partial charge on any atom is 0.222 e. The molecule has 9 N–H and O–H groups in total. The predicted octanol–water partition coefficient (Wildman–Crippen LogP) is 18.0. The van der Waals surface area contributed by atoms with Gasteiger partial charge < -0.3 is 75.5 Å². The smallest absolute Gasteiger partial charge is 0.222 e. The number of halogens is 2. The molecule has 120 heavy (non-hydrogen) atoms. The maximum atomic E-state index is 12.8. The first kappa shape index (κ1) is 91.9. The van der Waals surface area contributed by atoms with Gasteiger partial charge >= 0.3 is 0 Å². The molecule has 0 bridgehead atoms. The van der Waals surface area contributed by atoms with Crippen LogP contribution in [0.2, 0.25) is 0 Å². The zero-order chi connectivity index (χ0) is 84.0. The fourth-order valence-corrected chi connectivity index (χ4v) is 11.3. The van der Waals surface area contributed by atoms with Crippen LogP contribution in [-0.4, -0.2) is 49.4 Å². The van der Waals surface area contributed by atoms with Crippen LogP contribution in [-0.2, 0) is 108 Å². The van der Waals surface area contributed by atoms with Gasteiger partial charge in [-0.05, 0) is 151 Å². The second kappa shape index (κ2) is 51.5. The Labute approximate surface area is 709 Å². The molecule has 0 heterocycles. The van der Waals surface area contributed by atoms with Crippen molar-refractivity contribution in [3.63, 3.8) is 0 Å². The van der Waals surface area contributed by atoms with Gasteiger partial charge in [-0.15, -0.1) is 0 Å². The van der Waals surface area contributed by atoms with Gasteiger partial charge in [0.2, 0.25) is 34.1 Å². The molecule has 0 unspecified atom stereocenters. The van der Waals surface area contributed by atoms with E-state index < -0.39 is 10.5 Å². The molecule has 0 saturated carbocycles. The van der Waals surface area contributed by atoms with E-state index in [4.69, 9.17) is 62.1 Å². The van der Waals surface area contributed by atoms with E-state index in [1.165, 1.54) is 18.2 Å². The van der Waals surface area contributed by atoms with Crippen molar-refractivity contribution in [2.24, 2.45) is 5.73 Å². The number of nitrogens with two attached hydrogens (primary N) is 1. The fourth-order valence-electron chi connectivity index (χ4n) is 11.1. The molecule has 0 spiro atoms. The standard InChI is InChI=1S/C46H44N2O6.C25H26N2O6.C21H21NO2.C4H4Cl2O2.CH4/c49-45(47-29-39-21-23-41(51-31-35-13-5-1-6-14-35)43(27-39)53-33-37-17-9-3-10-18-37)25-26-46(50)48-30-40-22-24-42(52-32-36-15-7-2-8-16-36)44(28-40)54-34-38-19-11-4-12-20-38;28-20-8-6-18(12-22(20)30)14-26-24(31)10-11-25(32)27-15-19-7-9-21(29)23(13-19)33-16-17-4-2-1-3-5-17;22-14-19-11-12-20(23-15-17-7-3-1-4-8-17)21(13-19)24-16-18-9-5-2-6-10-18;5-3(7)1-2-4(6)8;/h1-24,27-28H,25-26,29-34H2,(H,47,49)(H,48,50);1-9,12-13,28-30H,10-11,14-16H2,(H,26,31)(H,27,32);1-13H,14-16,22H2;1-2H2;1H4. The van der Waals surface area contributed by atoms with E-state index in [0.29, 0.717) is 87.1 Å². The first-order chi connectivity index (χ1) is 57.9. The highest BCUT2D eigenvalue weighted by Crippen LogP contribution is 2.34. The Morgan fingerprint density at radius 3 is 0.717 bits per heavy atom. The molecule has 4 amide bonds. The van der Waals surface area contributed by atoms with Gasteiger partial charge in [-0.25, -0.2) is 0 Å². The van der Waals surface area contributed by atoms with Gasteiger partial charge in [0.15, 0.2) is 57.5 Å². The molecular formula is C97H99Cl2N5O16. The number of rotatable bonds is 39. The van der Waals surface area contributed by atoms with Gasteiger partial charge in [-0.1, -0.05) is 250 Å². The number of aromatic hydroxyl groups is 3. The summed E-state index contributed by atoms with van der Waals surface area (Å²) in [6, 6.07) is 95.7. The van der Waals surface area contributed by atoms with E-state index in [2.05, 4.69) is 21.3 Å². The van der Waals surface area contributed by atoms with Gasteiger partial charge in [0, 0.05) is 71.2 Å². The number of phenolic OH excluding ortho intramolecular Hbond substituents is 3. The van der Waals surface area contributed by atoms with Crippen molar-refractivity contribution in [3.05, 3.63) is 370 Å². The van der Waals surface area contributed by atoms with E-state index in [-0.39, 0.29) is 113 Å². The molecule has 21 nitrogen and oxygen atoms in total. The van der Waals surface area contributed by atoms with Crippen molar-refractivity contribution in [1.82, 2.24) is 21.3 Å². The van der Waals surface area contributed by atoms with E-state index in [1.807, 2.05) is 267 Å². The van der Waals surface area contributed by atoms with Crippen LogP contribution in [0.1, 0.15) is 113 Å². The average molecular weight is 1660 g/mol. The summed E-state index contributed by atoms with van der Waals surface area (Å²) in [6.45, 7) is 4.31. The first-order valence-electron chi connectivity index (χ1n) is 38.5. The van der Waals surface area contributed by atoms with E-state index in [9.17, 15) is 44.1 Å². The molecule has 0 radical (unpaired) electrons. The molecule has 0 fully saturated rings. The Morgan fingerprint density at radius 2 is 0.458 bits per heavy atom. The van der Waals surface area contributed by atoms with Gasteiger partial charge in [0.05, 0.1) is 0 Å². The fraction of sp³-hybridized carbons (Fsp3) is 0.196. The molecule has 12 aromatic rings. The lowest BCUT2D eigenvalue weighted by molar-refractivity contribution is -0.126. The summed E-state index contributed by atoms with van der Waals surface area (Å²) in [4.78, 5) is 69.4. The number of carbonyl (C=O) groups excluding carboxylic acids is 6. The summed E-state index contributed by atoms with van der Waals surface area (Å²) in [5.41, 5.74) is 17.2. The van der Waals surface area contributed by atoms with E-state index in [0.717, 1.165) is 72.7 Å². The molecule has 0 aromatic heterocycles. The monoisotopic (exact) mass is 1660 g/mol. The second-order valence-corrected chi connectivity index (χ2v) is 27.8. The minimum atomic E-state index is -0.529. The molecule has 23 heteroatoms. The largest absolute Gasteiger partial charge is 0.504 e. The van der Waals surface area contributed by atoms with Crippen LogP contribution < -0.4 is 60.2 Å². The molecule has 12 rings (SSSR count). The number of phenols is 3. The number of amides is 4. The molecule has 0 saturated heterocycles. The van der Waals surface area contributed by atoms with Gasteiger partial charge in [0.1, 0.15) is 46.2 Å². The Bertz CT molecular complexity index is 4960. The third-order valence-corrected chi connectivity index (χ3v) is 18.0. The zero-order valence-electron chi connectivity index (χ0n) is 65.6. The minimum Gasteiger partial charge on any atom is -0.504 e. The van der Waals surface area contributed by atoms with Crippen LogP contribution >= 0.6 is 23.2 Å². The summed E-state index contributed by atoms with van der Waals surface area (Å²) < 4.78 is 42.2. The minimum absolute atomic E-state index is 0. The average Bonchev–Trinajstić information content (AvgIpc) is 0.864. The van der Waals surface area contributed by atoms with Crippen molar-refractivity contribution in [1.29, 1.82) is 0 Å². The molecule has 12 aromatic carbocycles. The lowest BCUT2D eigenvalue weighted by Crippen LogP contribution is -2.27. The zero-order valence-corrected chi connectivity index (χ0v) is 67.1. The van der Waals surface area contributed by atoms with Gasteiger partial charge in [0.25, 0.3) is 0 Å². The third kappa shape index (κ3) is 34.7. The highest BCUT2D eigenvalue weighted by molar-refractivity contribution is 6.66. The van der Waals surface area contributed by atoms with Gasteiger partial charge in [-0.2, -0.15) is 0 Å². The van der Waals surface area contributed by atoms with Crippen molar-refractivity contribution in [2.45, 2.75) is 125 Å². The van der Waals surface area contributed by atoms with Crippen molar-refractivity contribution >= 4 is 57.3 Å². The van der Waals surface area contributed by atoms with Crippen molar-refractivity contribution in [2.75, 3.05) is 0 Å². The third-order valence-electron chi connectivity index (χ3n) is 17.6. The van der Waals surface area contributed by atoms with Crippen molar-refractivity contribution < 1.29 is 77.2 Å². The van der Waals surface area contributed by atoms with Gasteiger partial charge in [-0.3, -0.25) is 28.8 Å². The quantitative estimate of drug-likeness (QED) is 0.0131. The lowest BCUT2D eigenvalue weighted by Gasteiger charge is -2.15. The topological polar surface area (TPSA) is 302 Å². The van der Waals surface area contributed by atoms with E-state index in [1.54, 1.807) is 18.2 Å². The number of hydrogen-bond donors (Lipinski definition) is 8. The Morgan fingerprint density at radius 1 is 0.242 bits per heavy atom. The number of ether oxygens (including phenoxy) is 7. The Balaban J connectivity index is 0.000000230.